The Balaban J connectivity index is 2.59. The highest BCUT2D eigenvalue weighted by molar-refractivity contribution is 9.10. The lowest BCUT2D eigenvalue weighted by molar-refractivity contribution is -0.137. The highest BCUT2D eigenvalue weighted by atomic mass is 79.9. The van der Waals surface area contributed by atoms with Gasteiger partial charge in [0, 0.05) is 10.0 Å². The van der Waals surface area contributed by atoms with Crippen LogP contribution in [0.3, 0.4) is 0 Å². The smallest absolute Gasteiger partial charge is 0.288 e. The monoisotopic (exact) mass is 346 g/mol. The molecule has 0 atom stereocenters. The first kappa shape index (κ1) is 14.7. The summed E-state index contributed by atoms with van der Waals surface area (Å²) in [6.45, 7) is 0. The van der Waals surface area contributed by atoms with Gasteiger partial charge in [-0.15, -0.1) is 0 Å². The Morgan fingerprint density at radius 3 is 2.25 bits per heavy atom. The molecular weight excluding hydrogens is 340 g/mol. The van der Waals surface area contributed by atoms with Gasteiger partial charge in [0.1, 0.15) is 5.82 Å². The van der Waals surface area contributed by atoms with Gasteiger partial charge in [0.25, 0.3) is 0 Å². The number of hydrogen-bond acceptors (Lipinski definition) is 1. The molecule has 2 rings (SSSR count). The molecule has 6 heteroatoms. The number of rotatable bonds is 2. The molecule has 0 radical (unpaired) electrons. The van der Waals surface area contributed by atoms with E-state index < -0.39 is 28.9 Å². The van der Waals surface area contributed by atoms with E-state index in [9.17, 15) is 22.4 Å². The van der Waals surface area contributed by atoms with E-state index in [1.165, 1.54) is 18.2 Å². The summed E-state index contributed by atoms with van der Waals surface area (Å²) in [5.41, 5.74) is -2.06. The van der Waals surface area contributed by atoms with Crippen LogP contribution in [0.1, 0.15) is 21.5 Å². The molecule has 0 aliphatic rings. The second-order valence-corrected chi connectivity index (χ2v) is 4.91. The van der Waals surface area contributed by atoms with E-state index in [1.807, 2.05) is 0 Å². The number of carbonyl (C=O) groups excluding carboxylic acids is 1. The standard InChI is InChI=1S/C14H7BrF4O/c15-8-5-6-9(11(7-8)14(17,18)19)13(20)10-3-1-2-4-12(10)16/h1-7H. The molecule has 0 saturated carbocycles. The predicted octanol–water partition coefficient (Wildman–Crippen LogP) is 4.84. The first-order chi connectivity index (χ1) is 9.30. The van der Waals surface area contributed by atoms with Crippen molar-refractivity contribution in [3.63, 3.8) is 0 Å². The normalized spacial score (nSPS) is 11.4. The summed E-state index contributed by atoms with van der Waals surface area (Å²) in [5.74, 6) is -1.85. The van der Waals surface area contributed by atoms with Crippen LogP contribution >= 0.6 is 15.9 Å². The number of halogens is 5. The third kappa shape index (κ3) is 2.90. The number of benzene rings is 2. The van der Waals surface area contributed by atoms with E-state index in [0.29, 0.717) is 0 Å². The van der Waals surface area contributed by atoms with Crippen LogP contribution in [0.25, 0.3) is 0 Å². The van der Waals surface area contributed by atoms with Crippen molar-refractivity contribution in [2.75, 3.05) is 0 Å². The molecule has 1 nitrogen and oxygen atoms in total. The summed E-state index contributed by atoms with van der Waals surface area (Å²) in [7, 11) is 0. The number of hydrogen-bond donors (Lipinski definition) is 0. The van der Waals surface area contributed by atoms with Gasteiger partial charge in [0.15, 0.2) is 5.78 Å². The first-order valence-corrected chi connectivity index (χ1v) is 6.26. The molecule has 20 heavy (non-hydrogen) atoms. The second-order valence-electron chi connectivity index (χ2n) is 4.00. The van der Waals surface area contributed by atoms with Gasteiger partial charge in [-0.25, -0.2) is 4.39 Å². The Kier molecular flexibility index (Phi) is 3.94. The maximum absolute atomic E-state index is 13.5. The van der Waals surface area contributed by atoms with E-state index >= 15 is 0 Å². The van der Waals surface area contributed by atoms with Gasteiger partial charge in [0.2, 0.25) is 0 Å². The fraction of sp³-hybridized carbons (Fsp3) is 0.0714. The molecule has 0 aliphatic carbocycles. The van der Waals surface area contributed by atoms with E-state index in [-0.39, 0.29) is 10.0 Å². The third-order valence-electron chi connectivity index (χ3n) is 2.65. The summed E-state index contributed by atoms with van der Waals surface area (Å²) < 4.78 is 52.5. The third-order valence-corrected chi connectivity index (χ3v) is 3.14. The van der Waals surface area contributed by atoms with Crippen LogP contribution in [-0.2, 0) is 6.18 Å². The summed E-state index contributed by atoms with van der Waals surface area (Å²) in [4.78, 5) is 12.1. The van der Waals surface area contributed by atoms with Crippen molar-refractivity contribution in [3.05, 3.63) is 69.4 Å². The van der Waals surface area contributed by atoms with Crippen LogP contribution in [0.4, 0.5) is 17.6 Å². The predicted molar refractivity (Wildman–Crippen MR) is 69.0 cm³/mol. The maximum Gasteiger partial charge on any atom is 0.417 e. The molecular formula is C14H7BrF4O. The van der Waals surface area contributed by atoms with Crippen LogP contribution in [-0.4, -0.2) is 5.78 Å². The number of carbonyl (C=O) groups is 1. The summed E-state index contributed by atoms with van der Waals surface area (Å²) in [6.07, 6.45) is -4.69. The van der Waals surface area contributed by atoms with E-state index in [2.05, 4.69) is 15.9 Å². The van der Waals surface area contributed by atoms with Gasteiger partial charge in [-0.05, 0) is 30.3 Å². The molecule has 0 unspecified atom stereocenters. The summed E-state index contributed by atoms with van der Waals surface area (Å²) >= 11 is 2.92. The van der Waals surface area contributed by atoms with Gasteiger partial charge in [0.05, 0.1) is 11.1 Å². The molecule has 0 saturated heterocycles. The number of ketones is 1. The minimum absolute atomic E-state index is 0.190. The minimum atomic E-state index is -4.69. The quantitative estimate of drug-likeness (QED) is 0.561. The lowest BCUT2D eigenvalue weighted by Crippen LogP contribution is -2.14. The molecule has 0 N–H and O–H groups in total. The van der Waals surface area contributed by atoms with Crippen LogP contribution < -0.4 is 0 Å². The highest BCUT2D eigenvalue weighted by Gasteiger charge is 2.35. The van der Waals surface area contributed by atoms with Crippen LogP contribution in [0.15, 0.2) is 46.9 Å². The second kappa shape index (κ2) is 5.36. The Morgan fingerprint density at radius 2 is 1.65 bits per heavy atom. The largest absolute Gasteiger partial charge is 0.417 e. The molecule has 2 aromatic carbocycles. The SMILES string of the molecule is O=C(c1ccccc1F)c1ccc(Br)cc1C(F)(F)F. The van der Waals surface area contributed by atoms with E-state index in [4.69, 9.17) is 0 Å². The average molecular weight is 347 g/mol. The zero-order valence-electron chi connectivity index (χ0n) is 9.84. The van der Waals surface area contributed by atoms with Crippen molar-refractivity contribution in [1.82, 2.24) is 0 Å². The Morgan fingerprint density at radius 1 is 1.00 bits per heavy atom. The Bertz CT molecular complexity index is 664. The first-order valence-electron chi connectivity index (χ1n) is 5.46. The van der Waals surface area contributed by atoms with Gasteiger partial charge in [-0.3, -0.25) is 4.79 Å². The fourth-order valence-corrected chi connectivity index (χ4v) is 2.10. The Hall–Kier alpha value is -1.69. The molecule has 0 spiro atoms. The van der Waals surface area contributed by atoms with Gasteiger partial charge in [-0.1, -0.05) is 28.1 Å². The van der Waals surface area contributed by atoms with Gasteiger partial charge < -0.3 is 0 Å². The van der Waals surface area contributed by atoms with Crippen molar-refractivity contribution in [2.45, 2.75) is 6.18 Å². The van der Waals surface area contributed by atoms with Crippen molar-refractivity contribution in [1.29, 1.82) is 0 Å². The number of alkyl halides is 3. The van der Waals surface area contributed by atoms with Crippen molar-refractivity contribution >= 4 is 21.7 Å². The van der Waals surface area contributed by atoms with Crippen molar-refractivity contribution in [2.24, 2.45) is 0 Å². The lowest BCUT2D eigenvalue weighted by atomic mass is 9.98. The fourth-order valence-electron chi connectivity index (χ4n) is 1.74. The molecule has 0 amide bonds. The molecule has 0 heterocycles. The molecule has 0 fully saturated rings. The topological polar surface area (TPSA) is 17.1 Å². The highest BCUT2D eigenvalue weighted by Crippen LogP contribution is 2.35. The minimum Gasteiger partial charge on any atom is -0.288 e. The summed E-state index contributed by atoms with van der Waals surface area (Å²) in [6, 6.07) is 8.07. The molecule has 104 valence electrons. The van der Waals surface area contributed by atoms with E-state index in [1.54, 1.807) is 0 Å². The zero-order chi connectivity index (χ0) is 14.9. The Labute approximate surface area is 120 Å². The van der Waals surface area contributed by atoms with Crippen molar-refractivity contribution < 1.29 is 22.4 Å². The van der Waals surface area contributed by atoms with Crippen LogP contribution in [0, 0.1) is 5.82 Å². The van der Waals surface area contributed by atoms with Crippen molar-refractivity contribution in [3.8, 4) is 0 Å². The summed E-state index contributed by atoms with van der Waals surface area (Å²) in [5, 5.41) is 0. The molecule has 0 aromatic heterocycles. The van der Waals surface area contributed by atoms with Crippen LogP contribution in [0.5, 0.6) is 0 Å². The molecule has 2 aromatic rings. The van der Waals surface area contributed by atoms with E-state index in [0.717, 1.165) is 24.3 Å². The molecule has 0 bridgehead atoms. The van der Waals surface area contributed by atoms with Gasteiger partial charge in [-0.2, -0.15) is 13.2 Å². The molecule has 0 aliphatic heterocycles. The lowest BCUT2D eigenvalue weighted by Gasteiger charge is -2.12. The van der Waals surface area contributed by atoms with Gasteiger partial charge >= 0.3 is 6.18 Å². The maximum atomic E-state index is 13.5. The average Bonchev–Trinajstić information content (AvgIpc) is 2.37. The van der Waals surface area contributed by atoms with Crippen LogP contribution in [0.2, 0.25) is 0 Å². The zero-order valence-corrected chi connectivity index (χ0v) is 11.4.